The molecule has 1 aromatic heterocycles. The van der Waals surface area contributed by atoms with Crippen LogP contribution >= 0.6 is 0 Å². The van der Waals surface area contributed by atoms with Crippen LogP contribution in [0.3, 0.4) is 0 Å². The Balaban J connectivity index is 2.81. The van der Waals surface area contributed by atoms with Crippen LogP contribution in [0.1, 0.15) is 18.4 Å². The van der Waals surface area contributed by atoms with Gasteiger partial charge in [0.15, 0.2) is 0 Å². The molecule has 0 spiro atoms. The molecule has 0 fully saturated rings. The number of aliphatic carboxylic acids is 2. The van der Waals surface area contributed by atoms with Crippen molar-refractivity contribution in [2.45, 2.75) is 12.8 Å². The fraction of sp³-hybridized carbons (Fsp3) is 0.182. The molecule has 0 aromatic carbocycles. The summed E-state index contributed by atoms with van der Waals surface area (Å²) >= 11 is 0. The van der Waals surface area contributed by atoms with E-state index in [0.29, 0.717) is 5.56 Å². The topological polar surface area (TPSA) is 87.5 Å². The Bertz CT molecular complexity index is 411. The summed E-state index contributed by atoms with van der Waals surface area (Å²) in [6.07, 6.45) is 4.33. The Labute approximate surface area is 92.1 Å². The predicted octanol–water partition coefficient (Wildman–Crippen LogP) is 1.41. The molecule has 0 saturated heterocycles. The smallest absolute Gasteiger partial charge is 0.331 e. The summed E-state index contributed by atoms with van der Waals surface area (Å²) in [6, 6.07) is 3.39. The van der Waals surface area contributed by atoms with E-state index < -0.39 is 11.9 Å². The van der Waals surface area contributed by atoms with Gasteiger partial charge in [0.1, 0.15) is 0 Å². The summed E-state index contributed by atoms with van der Waals surface area (Å²) in [6.45, 7) is 0. The van der Waals surface area contributed by atoms with Gasteiger partial charge in [0.25, 0.3) is 0 Å². The van der Waals surface area contributed by atoms with Crippen LogP contribution in [-0.4, -0.2) is 27.1 Å². The zero-order valence-corrected chi connectivity index (χ0v) is 8.46. The van der Waals surface area contributed by atoms with Crippen LogP contribution in [0.5, 0.6) is 0 Å². The van der Waals surface area contributed by atoms with Crippen molar-refractivity contribution in [2.24, 2.45) is 0 Å². The van der Waals surface area contributed by atoms with E-state index in [0.717, 1.165) is 0 Å². The van der Waals surface area contributed by atoms with E-state index in [1.807, 2.05) is 0 Å². The molecule has 5 nitrogen and oxygen atoms in total. The maximum Gasteiger partial charge on any atom is 0.331 e. The Morgan fingerprint density at radius 2 is 2.06 bits per heavy atom. The standard InChI is InChI=1S/C11H11NO4/c13-10(14)4-3-9(11(15)16)6-8-2-1-5-12-7-8/h1-2,5-7H,3-4H2,(H,13,14)(H,15,16)/b9-6+. The summed E-state index contributed by atoms with van der Waals surface area (Å²) < 4.78 is 0. The number of nitrogens with zero attached hydrogens (tertiary/aromatic N) is 1. The fourth-order valence-corrected chi connectivity index (χ4v) is 1.14. The van der Waals surface area contributed by atoms with Gasteiger partial charge in [0.2, 0.25) is 0 Å². The monoisotopic (exact) mass is 221 g/mol. The second-order valence-corrected chi connectivity index (χ2v) is 3.15. The quantitative estimate of drug-likeness (QED) is 0.734. The molecule has 0 aliphatic rings. The largest absolute Gasteiger partial charge is 0.481 e. The van der Waals surface area contributed by atoms with Crippen LogP contribution < -0.4 is 0 Å². The lowest BCUT2D eigenvalue weighted by Crippen LogP contribution is -2.04. The second-order valence-electron chi connectivity index (χ2n) is 3.15. The highest BCUT2D eigenvalue weighted by Gasteiger charge is 2.09. The van der Waals surface area contributed by atoms with Gasteiger partial charge in [-0.2, -0.15) is 0 Å². The number of pyridine rings is 1. The van der Waals surface area contributed by atoms with Crippen molar-refractivity contribution >= 4 is 18.0 Å². The highest BCUT2D eigenvalue weighted by atomic mass is 16.4. The second kappa shape index (κ2) is 5.65. The molecule has 0 amide bonds. The van der Waals surface area contributed by atoms with Gasteiger partial charge >= 0.3 is 11.9 Å². The van der Waals surface area contributed by atoms with E-state index in [1.165, 1.54) is 12.3 Å². The molecule has 0 aliphatic heterocycles. The molecule has 2 N–H and O–H groups in total. The van der Waals surface area contributed by atoms with Crippen LogP contribution in [0, 0.1) is 0 Å². The Morgan fingerprint density at radius 3 is 2.56 bits per heavy atom. The first-order valence-corrected chi connectivity index (χ1v) is 4.65. The summed E-state index contributed by atoms with van der Waals surface area (Å²) in [5.74, 6) is -2.12. The van der Waals surface area contributed by atoms with Gasteiger partial charge in [-0.05, 0) is 24.1 Å². The highest BCUT2D eigenvalue weighted by Crippen LogP contribution is 2.11. The minimum atomic E-state index is -1.11. The number of aromatic nitrogens is 1. The van der Waals surface area contributed by atoms with Gasteiger partial charge in [-0.25, -0.2) is 4.79 Å². The van der Waals surface area contributed by atoms with E-state index >= 15 is 0 Å². The average molecular weight is 221 g/mol. The number of hydrogen-bond donors (Lipinski definition) is 2. The van der Waals surface area contributed by atoms with Crippen molar-refractivity contribution in [1.82, 2.24) is 4.98 Å². The third kappa shape index (κ3) is 3.91. The van der Waals surface area contributed by atoms with Crippen molar-refractivity contribution in [3.8, 4) is 0 Å². The predicted molar refractivity (Wildman–Crippen MR) is 56.7 cm³/mol. The Hall–Kier alpha value is -2.17. The number of carboxylic acids is 2. The molecule has 16 heavy (non-hydrogen) atoms. The molecule has 1 rings (SSSR count). The maximum atomic E-state index is 10.8. The fourth-order valence-electron chi connectivity index (χ4n) is 1.14. The molecule has 84 valence electrons. The van der Waals surface area contributed by atoms with Crippen molar-refractivity contribution in [1.29, 1.82) is 0 Å². The molecule has 0 saturated carbocycles. The van der Waals surface area contributed by atoms with Crippen molar-refractivity contribution in [3.63, 3.8) is 0 Å². The first kappa shape index (κ1) is 11.9. The maximum absolute atomic E-state index is 10.8. The van der Waals surface area contributed by atoms with E-state index in [1.54, 1.807) is 18.3 Å². The molecule has 0 unspecified atom stereocenters. The van der Waals surface area contributed by atoms with Crippen molar-refractivity contribution in [3.05, 3.63) is 35.7 Å². The van der Waals surface area contributed by atoms with Crippen LogP contribution in [0.25, 0.3) is 6.08 Å². The Kier molecular flexibility index (Phi) is 4.20. The summed E-state index contributed by atoms with van der Waals surface area (Å²) in [7, 11) is 0. The SMILES string of the molecule is O=C(O)CC/C(=C\c1cccnc1)C(=O)O. The molecule has 1 heterocycles. The number of rotatable bonds is 5. The Morgan fingerprint density at radius 1 is 1.31 bits per heavy atom. The molecule has 0 aliphatic carbocycles. The summed E-state index contributed by atoms with van der Waals surface area (Å²) in [5, 5.41) is 17.3. The number of carbonyl (C=O) groups is 2. The summed E-state index contributed by atoms with van der Waals surface area (Å²) in [5.41, 5.74) is 0.709. The number of hydrogen-bond acceptors (Lipinski definition) is 3. The molecule has 0 atom stereocenters. The lowest BCUT2D eigenvalue weighted by molar-refractivity contribution is -0.137. The normalized spacial score (nSPS) is 11.1. The van der Waals surface area contributed by atoms with E-state index in [4.69, 9.17) is 10.2 Å². The zero-order chi connectivity index (χ0) is 12.0. The van der Waals surface area contributed by atoms with Gasteiger partial charge in [0.05, 0.1) is 0 Å². The molecular formula is C11H11NO4. The minimum Gasteiger partial charge on any atom is -0.481 e. The van der Waals surface area contributed by atoms with Crippen LogP contribution in [0.2, 0.25) is 0 Å². The van der Waals surface area contributed by atoms with Gasteiger partial charge in [0, 0.05) is 24.4 Å². The van der Waals surface area contributed by atoms with E-state index in [2.05, 4.69) is 4.98 Å². The molecule has 1 aromatic rings. The summed E-state index contributed by atoms with van der Waals surface area (Å²) in [4.78, 5) is 25.0. The van der Waals surface area contributed by atoms with Gasteiger partial charge in [-0.3, -0.25) is 9.78 Å². The average Bonchev–Trinajstić information content (AvgIpc) is 2.25. The van der Waals surface area contributed by atoms with Crippen LogP contribution in [-0.2, 0) is 9.59 Å². The van der Waals surface area contributed by atoms with Crippen molar-refractivity contribution < 1.29 is 19.8 Å². The zero-order valence-electron chi connectivity index (χ0n) is 8.46. The molecular weight excluding hydrogens is 210 g/mol. The lowest BCUT2D eigenvalue weighted by atomic mass is 10.1. The third-order valence-electron chi connectivity index (χ3n) is 1.91. The van der Waals surface area contributed by atoms with Gasteiger partial charge in [-0.1, -0.05) is 6.07 Å². The lowest BCUT2D eigenvalue weighted by Gasteiger charge is -2.00. The third-order valence-corrected chi connectivity index (χ3v) is 1.91. The minimum absolute atomic E-state index is 0.000436. The first-order valence-electron chi connectivity index (χ1n) is 4.65. The van der Waals surface area contributed by atoms with E-state index in [9.17, 15) is 9.59 Å². The van der Waals surface area contributed by atoms with Crippen LogP contribution in [0.4, 0.5) is 0 Å². The molecule has 0 bridgehead atoms. The van der Waals surface area contributed by atoms with E-state index in [-0.39, 0.29) is 18.4 Å². The first-order chi connectivity index (χ1) is 7.59. The highest BCUT2D eigenvalue weighted by molar-refractivity contribution is 5.92. The van der Waals surface area contributed by atoms with Gasteiger partial charge < -0.3 is 10.2 Å². The van der Waals surface area contributed by atoms with Crippen molar-refractivity contribution in [2.75, 3.05) is 0 Å². The molecule has 5 heteroatoms. The van der Waals surface area contributed by atoms with Gasteiger partial charge in [-0.15, -0.1) is 0 Å². The number of carboxylic acid groups (broad SMARTS) is 2. The van der Waals surface area contributed by atoms with Crippen LogP contribution in [0.15, 0.2) is 30.1 Å². The molecule has 0 radical (unpaired) electrons.